The van der Waals surface area contributed by atoms with Crippen molar-refractivity contribution in [2.24, 2.45) is 0 Å². The minimum atomic E-state index is 0.0541. The predicted molar refractivity (Wildman–Crippen MR) is 49.8 cm³/mol. The third kappa shape index (κ3) is 7.68. The highest BCUT2D eigenvalue weighted by atomic mass is 32.2. The van der Waals surface area contributed by atoms with Crippen LogP contribution in [0.25, 0.3) is 0 Å². The quantitative estimate of drug-likeness (QED) is 0.645. The van der Waals surface area contributed by atoms with E-state index in [4.69, 9.17) is 0 Å². The standard InChI is InChI=1S/C7H16N2OS/c1-8-7(10)11-6-5-9(2,3)4/h5-6H2,1-4H3/p+1. The number of carbonyl (C=O) groups is 1. The summed E-state index contributed by atoms with van der Waals surface area (Å²) in [6, 6.07) is 0. The largest absolute Gasteiger partial charge is 0.350 e. The molecule has 0 aliphatic rings. The summed E-state index contributed by atoms with van der Waals surface area (Å²) in [7, 11) is 8.00. The van der Waals surface area contributed by atoms with Crippen molar-refractivity contribution in [1.82, 2.24) is 5.32 Å². The molecule has 0 spiro atoms. The van der Waals surface area contributed by atoms with Crippen LogP contribution in [0, 0.1) is 0 Å². The van der Waals surface area contributed by atoms with Crippen LogP contribution >= 0.6 is 11.8 Å². The van der Waals surface area contributed by atoms with E-state index in [1.54, 1.807) is 7.05 Å². The number of amides is 1. The summed E-state index contributed by atoms with van der Waals surface area (Å²) >= 11 is 1.34. The van der Waals surface area contributed by atoms with Gasteiger partial charge in [-0.05, 0) is 0 Å². The fraction of sp³-hybridized carbons (Fsp3) is 0.857. The van der Waals surface area contributed by atoms with Crippen molar-refractivity contribution in [2.45, 2.75) is 0 Å². The molecule has 0 heterocycles. The lowest BCUT2D eigenvalue weighted by molar-refractivity contribution is -0.867. The number of hydrogen-bond acceptors (Lipinski definition) is 2. The smallest absolute Gasteiger partial charge is 0.279 e. The SMILES string of the molecule is CNC(=O)SCC[N+](C)(C)C. The highest BCUT2D eigenvalue weighted by Crippen LogP contribution is 2.02. The molecular formula is C7H17N2OS+. The number of carbonyl (C=O) groups excluding carboxylic acids is 1. The number of quaternary nitrogens is 1. The van der Waals surface area contributed by atoms with Crippen LogP contribution in [0.4, 0.5) is 4.79 Å². The fourth-order valence-corrected chi connectivity index (χ4v) is 1.45. The minimum Gasteiger partial charge on any atom is -0.350 e. The number of thioether (sulfide) groups is 1. The zero-order valence-corrected chi connectivity index (χ0v) is 8.49. The van der Waals surface area contributed by atoms with E-state index < -0.39 is 0 Å². The summed E-state index contributed by atoms with van der Waals surface area (Å²) in [5.74, 6) is 0.878. The third-order valence-electron chi connectivity index (χ3n) is 1.20. The Morgan fingerprint density at radius 1 is 1.45 bits per heavy atom. The molecule has 11 heavy (non-hydrogen) atoms. The van der Waals surface area contributed by atoms with Crippen LogP contribution in [-0.4, -0.2) is 50.2 Å². The van der Waals surface area contributed by atoms with E-state index in [0.717, 1.165) is 16.8 Å². The number of nitrogens with one attached hydrogen (secondary N) is 1. The second-order valence-electron chi connectivity index (χ2n) is 3.40. The van der Waals surface area contributed by atoms with Gasteiger partial charge in [0.15, 0.2) is 0 Å². The molecule has 0 fully saturated rings. The van der Waals surface area contributed by atoms with E-state index in [1.165, 1.54) is 11.8 Å². The summed E-state index contributed by atoms with van der Waals surface area (Å²) in [5, 5.41) is 2.62. The first kappa shape index (κ1) is 10.8. The van der Waals surface area contributed by atoms with Crippen LogP contribution in [0.2, 0.25) is 0 Å². The maximum atomic E-state index is 10.7. The molecule has 3 nitrogen and oxygen atoms in total. The van der Waals surface area contributed by atoms with Gasteiger partial charge in [-0.15, -0.1) is 0 Å². The number of hydrogen-bond donors (Lipinski definition) is 1. The Balaban J connectivity index is 3.35. The maximum absolute atomic E-state index is 10.7. The van der Waals surface area contributed by atoms with Gasteiger partial charge in [-0.1, -0.05) is 11.8 Å². The van der Waals surface area contributed by atoms with Gasteiger partial charge in [0.05, 0.1) is 33.4 Å². The molecule has 0 unspecified atom stereocenters. The third-order valence-corrected chi connectivity index (χ3v) is 2.05. The van der Waals surface area contributed by atoms with E-state index in [0.29, 0.717) is 0 Å². The summed E-state index contributed by atoms with van der Waals surface area (Å²) < 4.78 is 0.907. The number of rotatable bonds is 3. The Morgan fingerprint density at radius 2 is 2.00 bits per heavy atom. The van der Waals surface area contributed by atoms with Gasteiger partial charge in [-0.3, -0.25) is 4.79 Å². The molecule has 0 aliphatic heterocycles. The molecule has 0 aromatic heterocycles. The highest BCUT2D eigenvalue weighted by Gasteiger charge is 2.07. The maximum Gasteiger partial charge on any atom is 0.279 e. The van der Waals surface area contributed by atoms with E-state index in [9.17, 15) is 4.79 Å². The zero-order chi connectivity index (χ0) is 8.91. The Labute approximate surface area is 72.7 Å². The first-order valence-corrected chi connectivity index (χ1v) is 4.59. The van der Waals surface area contributed by atoms with Crippen molar-refractivity contribution < 1.29 is 9.28 Å². The monoisotopic (exact) mass is 177 g/mol. The minimum absolute atomic E-state index is 0.0541. The Bertz CT molecular complexity index is 131. The molecule has 4 heteroatoms. The van der Waals surface area contributed by atoms with Crippen molar-refractivity contribution in [1.29, 1.82) is 0 Å². The van der Waals surface area contributed by atoms with Gasteiger partial charge in [0.1, 0.15) is 0 Å². The van der Waals surface area contributed by atoms with Crippen molar-refractivity contribution >= 4 is 17.0 Å². The molecule has 0 saturated heterocycles. The molecule has 0 rings (SSSR count). The molecule has 0 saturated carbocycles. The summed E-state index contributed by atoms with van der Waals surface area (Å²) in [6.45, 7) is 1.01. The fourth-order valence-electron chi connectivity index (χ4n) is 0.484. The van der Waals surface area contributed by atoms with Crippen LogP contribution < -0.4 is 5.32 Å². The predicted octanol–water partition coefficient (Wildman–Crippen LogP) is 0.765. The lowest BCUT2D eigenvalue weighted by atomic mass is 10.6. The van der Waals surface area contributed by atoms with E-state index >= 15 is 0 Å². The summed E-state index contributed by atoms with van der Waals surface area (Å²) in [5.41, 5.74) is 0. The Morgan fingerprint density at radius 3 is 2.36 bits per heavy atom. The lowest BCUT2D eigenvalue weighted by Crippen LogP contribution is -2.36. The first-order chi connectivity index (χ1) is 4.95. The second-order valence-corrected chi connectivity index (χ2v) is 4.47. The number of nitrogens with zero attached hydrogens (tertiary/aromatic N) is 1. The Hall–Kier alpha value is -0.220. The summed E-state index contributed by atoms with van der Waals surface area (Å²) in [6.07, 6.45) is 0. The van der Waals surface area contributed by atoms with Gasteiger partial charge in [-0.2, -0.15) is 0 Å². The molecule has 0 aliphatic carbocycles. The van der Waals surface area contributed by atoms with Crippen LogP contribution in [-0.2, 0) is 0 Å². The van der Waals surface area contributed by atoms with Crippen molar-refractivity contribution in [2.75, 3.05) is 40.5 Å². The van der Waals surface area contributed by atoms with Gasteiger partial charge in [0, 0.05) is 7.05 Å². The molecule has 1 amide bonds. The normalized spacial score (nSPS) is 11.3. The molecular weight excluding hydrogens is 160 g/mol. The van der Waals surface area contributed by atoms with E-state index in [2.05, 4.69) is 26.5 Å². The Kier molecular flexibility index (Phi) is 4.52. The van der Waals surface area contributed by atoms with Gasteiger partial charge in [-0.25, -0.2) is 0 Å². The average molecular weight is 177 g/mol. The first-order valence-electron chi connectivity index (χ1n) is 3.60. The molecule has 0 aromatic rings. The topological polar surface area (TPSA) is 29.1 Å². The van der Waals surface area contributed by atoms with Gasteiger partial charge < -0.3 is 9.80 Å². The molecule has 0 bridgehead atoms. The van der Waals surface area contributed by atoms with Crippen molar-refractivity contribution in [3.05, 3.63) is 0 Å². The van der Waals surface area contributed by atoms with Gasteiger partial charge >= 0.3 is 0 Å². The van der Waals surface area contributed by atoms with E-state index in [-0.39, 0.29) is 5.24 Å². The molecule has 1 N–H and O–H groups in total. The second kappa shape index (κ2) is 4.62. The van der Waals surface area contributed by atoms with Crippen LogP contribution in [0.15, 0.2) is 0 Å². The molecule has 0 atom stereocenters. The average Bonchev–Trinajstić information content (AvgIpc) is 1.85. The van der Waals surface area contributed by atoms with Crippen LogP contribution in [0.3, 0.4) is 0 Å². The molecule has 66 valence electrons. The van der Waals surface area contributed by atoms with Crippen LogP contribution in [0.1, 0.15) is 0 Å². The van der Waals surface area contributed by atoms with Crippen LogP contribution in [0.5, 0.6) is 0 Å². The summed E-state index contributed by atoms with van der Waals surface area (Å²) in [4.78, 5) is 10.7. The van der Waals surface area contributed by atoms with Gasteiger partial charge in [0.25, 0.3) is 5.24 Å². The highest BCUT2D eigenvalue weighted by molar-refractivity contribution is 8.13. The van der Waals surface area contributed by atoms with E-state index in [1.807, 2.05) is 0 Å². The lowest BCUT2D eigenvalue weighted by Gasteiger charge is -2.23. The zero-order valence-electron chi connectivity index (χ0n) is 7.68. The molecule has 0 aromatic carbocycles. The molecule has 0 radical (unpaired) electrons. The van der Waals surface area contributed by atoms with Crippen molar-refractivity contribution in [3.63, 3.8) is 0 Å². The van der Waals surface area contributed by atoms with Crippen molar-refractivity contribution in [3.8, 4) is 0 Å². The van der Waals surface area contributed by atoms with Gasteiger partial charge in [0.2, 0.25) is 0 Å².